The third kappa shape index (κ3) is 2.93. The lowest BCUT2D eigenvalue weighted by Gasteiger charge is -2.17. The Labute approximate surface area is 120 Å². The van der Waals surface area contributed by atoms with Gasteiger partial charge in [0.2, 0.25) is 5.91 Å². The number of hydrogen-bond donors (Lipinski definition) is 1. The van der Waals surface area contributed by atoms with Gasteiger partial charge in [-0.3, -0.25) is 9.78 Å². The van der Waals surface area contributed by atoms with Crippen LogP contribution in [-0.4, -0.2) is 19.0 Å². The zero-order valence-corrected chi connectivity index (χ0v) is 14.0. The molecule has 2 rings (SSSR count). The van der Waals surface area contributed by atoms with Crippen molar-refractivity contribution in [2.24, 2.45) is 5.41 Å². The monoisotopic (exact) mass is 290 g/mol. The fraction of sp³-hybridized carbons (Fsp3) is 0.467. The van der Waals surface area contributed by atoms with Gasteiger partial charge in [-0.15, -0.1) is 0 Å². The molecule has 0 saturated carbocycles. The van der Waals surface area contributed by atoms with Crippen LogP contribution < -0.4 is 10.7 Å². The number of nitrogens with one attached hydrogen (secondary N) is 1. The van der Waals surface area contributed by atoms with E-state index in [1.165, 1.54) is 0 Å². The normalized spacial score (nSPS) is 12.7. The quantitative estimate of drug-likeness (QED) is 0.863. The Morgan fingerprint density at radius 1 is 1.30 bits per heavy atom. The predicted molar refractivity (Wildman–Crippen MR) is 85.1 cm³/mol. The van der Waals surface area contributed by atoms with E-state index in [1.807, 2.05) is 26.8 Å². The van der Waals surface area contributed by atoms with Crippen LogP contribution in [0.1, 0.15) is 20.8 Å². The van der Waals surface area contributed by atoms with Gasteiger partial charge in [0.05, 0.1) is 11.1 Å². The molecule has 2 heterocycles. The Morgan fingerprint density at radius 2 is 1.95 bits per heavy atom. The van der Waals surface area contributed by atoms with Crippen LogP contribution in [0.25, 0.3) is 11.1 Å². The highest BCUT2D eigenvalue weighted by Crippen LogP contribution is 2.25. The molecule has 20 heavy (non-hydrogen) atoms. The van der Waals surface area contributed by atoms with Gasteiger partial charge in [-0.25, -0.2) is 0 Å². The molecular weight excluding hydrogens is 268 g/mol. The van der Waals surface area contributed by atoms with E-state index < -0.39 is 13.5 Å². The van der Waals surface area contributed by atoms with Crippen molar-refractivity contribution in [1.82, 2.24) is 4.98 Å². The van der Waals surface area contributed by atoms with Crippen LogP contribution in [0, 0.1) is 5.41 Å². The molecule has 0 aliphatic heterocycles. The number of fused-ring (bicyclic) bond motifs is 1. The smallest absolute Gasteiger partial charge is 0.229 e. The number of rotatable bonds is 2. The van der Waals surface area contributed by atoms with Gasteiger partial charge in [0.25, 0.3) is 0 Å². The minimum absolute atomic E-state index is 0.0315. The molecule has 0 saturated heterocycles. The summed E-state index contributed by atoms with van der Waals surface area (Å²) < 4.78 is 5.96. The van der Waals surface area contributed by atoms with Crippen molar-refractivity contribution < 1.29 is 9.21 Å². The van der Waals surface area contributed by atoms with Gasteiger partial charge in [0.1, 0.15) is 13.6 Å². The Balaban J connectivity index is 2.45. The van der Waals surface area contributed by atoms with E-state index in [2.05, 4.69) is 29.9 Å². The summed E-state index contributed by atoms with van der Waals surface area (Å²) in [6, 6.07) is 3.78. The first kappa shape index (κ1) is 14.8. The molecule has 0 radical (unpaired) electrons. The summed E-state index contributed by atoms with van der Waals surface area (Å²) >= 11 is 0. The van der Waals surface area contributed by atoms with Crippen LogP contribution in [0.3, 0.4) is 0 Å². The van der Waals surface area contributed by atoms with E-state index in [1.54, 1.807) is 12.3 Å². The molecule has 0 atom stereocenters. The fourth-order valence-electron chi connectivity index (χ4n) is 1.72. The second kappa shape index (κ2) is 4.73. The number of pyridine rings is 1. The van der Waals surface area contributed by atoms with Crippen molar-refractivity contribution >= 4 is 36.2 Å². The molecule has 108 valence electrons. The number of furan rings is 1. The van der Waals surface area contributed by atoms with Gasteiger partial charge in [0.15, 0.2) is 5.58 Å². The molecule has 4 nitrogen and oxygen atoms in total. The lowest BCUT2D eigenvalue weighted by molar-refractivity contribution is -0.123. The van der Waals surface area contributed by atoms with E-state index in [0.29, 0.717) is 11.3 Å². The summed E-state index contributed by atoms with van der Waals surface area (Å²) in [4.78, 5) is 16.4. The zero-order valence-electron chi connectivity index (χ0n) is 13.0. The first-order valence-electron chi connectivity index (χ1n) is 6.79. The minimum atomic E-state index is -1.54. The lowest BCUT2D eigenvalue weighted by Crippen LogP contribution is -2.36. The number of aromatic nitrogens is 1. The van der Waals surface area contributed by atoms with Gasteiger partial charge in [0, 0.05) is 17.7 Å². The van der Waals surface area contributed by atoms with Crippen LogP contribution in [0.5, 0.6) is 0 Å². The average Bonchev–Trinajstić information content (AvgIpc) is 2.72. The summed E-state index contributed by atoms with van der Waals surface area (Å²) in [5.74, 6) is -0.0315. The molecule has 1 N–H and O–H groups in total. The molecule has 0 aliphatic carbocycles. The van der Waals surface area contributed by atoms with Crippen molar-refractivity contribution in [1.29, 1.82) is 0 Å². The second-order valence-corrected chi connectivity index (χ2v) is 12.1. The number of carbonyl (C=O) groups excluding carboxylic acids is 1. The zero-order chi connectivity index (χ0) is 15.1. The minimum Gasteiger partial charge on any atom is -0.462 e. The standard InChI is InChI=1S/C15H22N2O2Si/c1-15(2,3)14(18)17-10-7-8-16-11-9-12(19-13(10)11)20(4,5)6/h7-9H,1-6H3,(H,16,17,18). The van der Waals surface area contributed by atoms with Gasteiger partial charge < -0.3 is 9.73 Å². The molecule has 0 bridgehead atoms. The van der Waals surface area contributed by atoms with Crippen LogP contribution in [0.4, 0.5) is 5.69 Å². The molecule has 1 amide bonds. The predicted octanol–water partition coefficient (Wildman–Crippen LogP) is 3.36. The number of nitrogens with zero attached hydrogens (tertiary/aromatic N) is 1. The first-order valence-corrected chi connectivity index (χ1v) is 10.3. The third-order valence-corrected chi connectivity index (χ3v) is 4.81. The third-order valence-electron chi connectivity index (χ3n) is 3.08. The number of anilines is 1. The van der Waals surface area contributed by atoms with E-state index >= 15 is 0 Å². The van der Waals surface area contributed by atoms with Gasteiger partial charge in [-0.05, 0) is 6.07 Å². The largest absolute Gasteiger partial charge is 0.462 e. The van der Waals surface area contributed by atoms with Crippen LogP contribution in [0.15, 0.2) is 22.7 Å². The highest BCUT2D eigenvalue weighted by Gasteiger charge is 2.25. The maximum atomic E-state index is 12.1. The second-order valence-electron chi connectivity index (χ2n) is 7.14. The van der Waals surface area contributed by atoms with E-state index in [4.69, 9.17) is 4.42 Å². The van der Waals surface area contributed by atoms with Crippen molar-refractivity contribution in [2.75, 3.05) is 5.32 Å². The first-order chi connectivity index (χ1) is 9.09. The Bertz CT molecular complexity index is 648. The fourth-order valence-corrected chi connectivity index (χ4v) is 2.69. The molecule has 0 aliphatic rings. The topological polar surface area (TPSA) is 55.1 Å². The summed E-state index contributed by atoms with van der Waals surface area (Å²) in [7, 11) is -1.54. The van der Waals surface area contributed by atoms with Crippen molar-refractivity contribution in [3.05, 3.63) is 18.3 Å². The Hall–Kier alpha value is -1.62. The molecule has 0 unspecified atom stereocenters. The summed E-state index contributed by atoms with van der Waals surface area (Å²) in [5, 5.41) is 3.93. The maximum Gasteiger partial charge on any atom is 0.229 e. The van der Waals surface area contributed by atoms with E-state index in [0.717, 1.165) is 10.9 Å². The van der Waals surface area contributed by atoms with Crippen molar-refractivity contribution in [2.45, 2.75) is 40.4 Å². The van der Waals surface area contributed by atoms with Crippen LogP contribution >= 0.6 is 0 Å². The SMILES string of the molecule is CC(C)(C)C(=O)Nc1ccnc2cc([Si](C)(C)C)oc12. The van der Waals surface area contributed by atoms with Gasteiger partial charge >= 0.3 is 0 Å². The van der Waals surface area contributed by atoms with E-state index in [-0.39, 0.29) is 5.91 Å². The summed E-state index contributed by atoms with van der Waals surface area (Å²) in [6.45, 7) is 12.3. The molecule has 2 aromatic rings. The lowest BCUT2D eigenvalue weighted by atomic mass is 9.95. The maximum absolute atomic E-state index is 12.1. The van der Waals surface area contributed by atoms with Gasteiger partial charge in [-0.2, -0.15) is 0 Å². The summed E-state index contributed by atoms with van der Waals surface area (Å²) in [6.07, 6.45) is 1.70. The molecule has 5 heteroatoms. The van der Waals surface area contributed by atoms with Crippen molar-refractivity contribution in [3.63, 3.8) is 0 Å². The van der Waals surface area contributed by atoms with Gasteiger partial charge in [-0.1, -0.05) is 40.4 Å². The van der Waals surface area contributed by atoms with Crippen LogP contribution in [0.2, 0.25) is 19.6 Å². The number of hydrogen-bond acceptors (Lipinski definition) is 3. The van der Waals surface area contributed by atoms with Crippen LogP contribution in [-0.2, 0) is 4.79 Å². The van der Waals surface area contributed by atoms with E-state index in [9.17, 15) is 4.79 Å². The molecule has 0 spiro atoms. The Kier molecular flexibility index (Phi) is 3.50. The highest BCUT2D eigenvalue weighted by atomic mass is 28.3. The summed E-state index contributed by atoms with van der Waals surface area (Å²) in [5.41, 5.74) is 1.72. The van der Waals surface area contributed by atoms with Crippen molar-refractivity contribution in [3.8, 4) is 0 Å². The molecule has 0 aromatic carbocycles. The number of amides is 1. The molecule has 0 fully saturated rings. The Morgan fingerprint density at radius 3 is 2.50 bits per heavy atom. The molecule has 2 aromatic heterocycles. The highest BCUT2D eigenvalue weighted by molar-refractivity contribution is 6.87. The molecular formula is C15H22N2O2Si. The number of carbonyl (C=O) groups is 1. The average molecular weight is 290 g/mol.